The van der Waals surface area contributed by atoms with Crippen LogP contribution in [0.4, 0.5) is 0 Å². The van der Waals surface area contributed by atoms with E-state index in [0.29, 0.717) is 18.3 Å². The summed E-state index contributed by atoms with van der Waals surface area (Å²) >= 11 is 0. The number of fused-ring (bicyclic) bond motifs is 1. The molecule has 0 bridgehead atoms. The number of epoxide rings is 2. The molecule has 3 aliphatic rings. The van der Waals surface area contributed by atoms with Crippen LogP contribution in [0.2, 0.25) is 38.3 Å². The lowest BCUT2D eigenvalue weighted by Gasteiger charge is -2.25. The lowest BCUT2D eigenvalue weighted by atomic mass is 9.88. The maximum atomic E-state index is 5.71. The van der Waals surface area contributed by atoms with Gasteiger partial charge >= 0.3 is 0 Å². The van der Waals surface area contributed by atoms with E-state index in [-0.39, 0.29) is 0 Å². The summed E-state index contributed by atoms with van der Waals surface area (Å²) in [5.41, 5.74) is 0. The van der Waals surface area contributed by atoms with Gasteiger partial charge in [0.25, 0.3) is 0 Å². The van der Waals surface area contributed by atoms with Gasteiger partial charge < -0.3 is 22.4 Å². The van der Waals surface area contributed by atoms with Gasteiger partial charge in [-0.1, -0.05) is 6.42 Å². The van der Waals surface area contributed by atoms with E-state index in [1.54, 1.807) is 0 Å². The average Bonchev–Trinajstić information content (AvgIpc) is 3.54. The Morgan fingerprint density at radius 2 is 1.63 bits per heavy atom. The van der Waals surface area contributed by atoms with E-state index in [1.807, 2.05) is 0 Å². The first-order chi connectivity index (χ1) is 12.7. The van der Waals surface area contributed by atoms with Crippen LogP contribution < -0.4 is 0 Å². The topological polar surface area (TPSA) is 52.8 Å². The van der Waals surface area contributed by atoms with Gasteiger partial charge in [-0.3, -0.25) is 0 Å². The monoisotopic (exact) mass is 450 g/mol. The van der Waals surface area contributed by atoms with Crippen molar-refractivity contribution in [2.45, 2.75) is 88.7 Å². The SMILES string of the molecule is C[Si](C)(CCC1CCC2OC2C1)O[SiH3].C[Si](C)(CCCOCC1CO1)O[SiH3]. The first kappa shape index (κ1) is 23.9. The normalized spacial score (nSPS) is 29.8. The Labute approximate surface area is 174 Å². The van der Waals surface area contributed by atoms with E-state index in [4.69, 9.17) is 22.4 Å². The van der Waals surface area contributed by atoms with E-state index in [0.717, 1.165) is 53.1 Å². The van der Waals surface area contributed by atoms with E-state index in [9.17, 15) is 0 Å². The molecule has 4 atom stereocenters. The van der Waals surface area contributed by atoms with E-state index < -0.39 is 16.6 Å². The number of hydrogen-bond acceptors (Lipinski definition) is 5. The summed E-state index contributed by atoms with van der Waals surface area (Å²) in [4.78, 5) is 0. The fraction of sp³-hybridized carbons (Fsp3) is 1.00. The van der Waals surface area contributed by atoms with Gasteiger partial charge in [0.05, 0.1) is 25.4 Å². The molecular weight excluding hydrogens is 409 g/mol. The zero-order valence-electron chi connectivity index (χ0n) is 18.4. The van der Waals surface area contributed by atoms with E-state index >= 15 is 0 Å². The lowest BCUT2D eigenvalue weighted by Crippen LogP contribution is -2.30. The van der Waals surface area contributed by atoms with Crippen LogP contribution in [-0.2, 0) is 22.4 Å². The van der Waals surface area contributed by atoms with E-state index in [2.05, 4.69) is 26.2 Å². The summed E-state index contributed by atoms with van der Waals surface area (Å²) < 4.78 is 27.3. The van der Waals surface area contributed by atoms with Crippen LogP contribution in [0.25, 0.3) is 0 Å². The van der Waals surface area contributed by atoms with Gasteiger partial charge in [0.2, 0.25) is 0 Å². The molecule has 27 heavy (non-hydrogen) atoms. The Hall–Kier alpha value is 0.668. The molecule has 3 fully saturated rings. The molecule has 0 N–H and O–H groups in total. The molecule has 0 aromatic carbocycles. The standard InChI is InChI=1S/C10H22O2Si2.C8H20O3Si2/c1-14(2,12-13)6-5-8-3-4-9-10(7-8)11-9;1-13(2,11-12)5-3-4-9-6-8-7-10-8/h8-10H,3-7H2,1-2,13H3;8H,3-7H2,1-2,12H3. The molecule has 0 radical (unpaired) electrons. The summed E-state index contributed by atoms with van der Waals surface area (Å²) in [5.74, 6) is 0.933. The summed E-state index contributed by atoms with van der Waals surface area (Å²) in [6.07, 6.45) is 8.27. The van der Waals surface area contributed by atoms with Crippen molar-refractivity contribution in [1.29, 1.82) is 0 Å². The van der Waals surface area contributed by atoms with Crippen molar-refractivity contribution in [1.82, 2.24) is 0 Å². The van der Waals surface area contributed by atoms with Crippen LogP contribution in [0, 0.1) is 5.92 Å². The molecule has 1 aliphatic carbocycles. The molecule has 3 rings (SSSR count). The fourth-order valence-electron chi connectivity index (χ4n) is 3.48. The third kappa shape index (κ3) is 10.3. The summed E-state index contributed by atoms with van der Waals surface area (Å²) in [6.45, 7) is 11.8. The van der Waals surface area contributed by atoms with Crippen molar-refractivity contribution in [3.05, 3.63) is 0 Å². The molecule has 0 aromatic rings. The molecule has 2 aliphatic heterocycles. The van der Waals surface area contributed by atoms with Crippen LogP contribution in [0.5, 0.6) is 0 Å². The average molecular weight is 451 g/mol. The molecule has 2 heterocycles. The van der Waals surface area contributed by atoms with Crippen molar-refractivity contribution in [3.8, 4) is 0 Å². The first-order valence-corrected chi connectivity index (χ1v) is 18.6. The highest BCUT2D eigenvalue weighted by molar-refractivity contribution is 6.74. The predicted molar refractivity (Wildman–Crippen MR) is 122 cm³/mol. The molecule has 9 heteroatoms. The molecule has 0 amide bonds. The second kappa shape index (κ2) is 11.2. The Balaban J connectivity index is 0.000000194. The van der Waals surface area contributed by atoms with Crippen molar-refractivity contribution >= 4 is 37.6 Å². The van der Waals surface area contributed by atoms with Gasteiger partial charge in [-0.2, -0.15) is 0 Å². The minimum Gasteiger partial charge on any atom is -0.463 e. The molecular formula is C18H42O5Si4. The minimum absolute atomic E-state index is 0.403. The quantitative estimate of drug-likeness (QED) is 0.273. The third-order valence-corrected chi connectivity index (χ3v) is 18.0. The first-order valence-electron chi connectivity index (χ1n) is 10.7. The second-order valence-corrected chi connectivity index (χ2v) is 20.8. The Bertz CT molecular complexity index is 434. The van der Waals surface area contributed by atoms with Gasteiger partial charge in [-0.25, -0.2) is 0 Å². The van der Waals surface area contributed by atoms with Crippen molar-refractivity contribution in [2.75, 3.05) is 19.8 Å². The predicted octanol–water partition coefficient (Wildman–Crippen LogP) is 1.74. The van der Waals surface area contributed by atoms with Crippen molar-refractivity contribution in [3.63, 3.8) is 0 Å². The molecule has 0 aromatic heterocycles. The van der Waals surface area contributed by atoms with Crippen LogP contribution in [0.1, 0.15) is 32.1 Å². The minimum atomic E-state index is -1.29. The molecule has 4 unspecified atom stereocenters. The maximum absolute atomic E-state index is 5.71. The molecule has 0 spiro atoms. The lowest BCUT2D eigenvalue weighted by molar-refractivity contribution is 0.116. The highest BCUT2D eigenvalue weighted by Crippen LogP contribution is 2.41. The Kier molecular flexibility index (Phi) is 9.90. The van der Waals surface area contributed by atoms with Gasteiger partial charge in [0.15, 0.2) is 16.6 Å². The van der Waals surface area contributed by atoms with E-state index in [1.165, 1.54) is 37.8 Å². The fourth-order valence-corrected chi connectivity index (χ4v) is 7.22. The number of hydrogen-bond donors (Lipinski definition) is 0. The van der Waals surface area contributed by atoms with Gasteiger partial charge in [0, 0.05) is 6.61 Å². The van der Waals surface area contributed by atoms with Gasteiger partial charge in [-0.05, 0) is 69.9 Å². The summed E-state index contributed by atoms with van der Waals surface area (Å²) in [6, 6.07) is 2.56. The molecule has 2 saturated heterocycles. The third-order valence-electron chi connectivity index (χ3n) is 6.15. The Morgan fingerprint density at radius 1 is 0.963 bits per heavy atom. The largest absolute Gasteiger partial charge is 0.463 e. The zero-order valence-corrected chi connectivity index (χ0v) is 24.4. The maximum Gasteiger partial charge on any atom is 0.172 e. The van der Waals surface area contributed by atoms with Crippen LogP contribution in [-0.4, -0.2) is 75.7 Å². The number of ether oxygens (including phenoxy) is 3. The van der Waals surface area contributed by atoms with Crippen molar-refractivity contribution < 1.29 is 22.4 Å². The smallest absolute Gasteiger partial charge is 0.172 e. The summed E-state index contributed by atoms with van der Waals surface area (Å²) in [5, 5.41) is 0. The van der Waals surface area contributed by atoms with Gasteiger partial charge in [0.1, 0.15) is 27.1 Å². The summed E-state index contributed by atoms with van der Waals surface area (Å²) in [7, 11) is -0.746. The van der Waals surface area contributed by atoms with Gasteiger partial charge in [-0.15, -0.1) is 0 Å². The molecule has 1 saturated carbocycles. The zero-order chi connectivity index (χ0) is 19.9. The van der Waals surface area contributed by atoms with Crippen LogP contribution in [0.3, 0.4) is 0 Å². The van der Waals surface area contributed by atoms with Crippen molar-refractivity contribution in [2.24, 2.45) is 5.92 Å². The van der Waals surface area contributed by atoms with Crippen LogP contribution in [0.15, 0.2) is 0 Å². The second-order valence-electron chi connectivity index (χ2n) is 9.49. The van der Waals surface area contributed by atoms with Crippen LogP contribution >= 0.6 is 0 Å². The molecule has 160 valence electrons. The Morgan fingerprint density at radius 3 is 2.22 bits per heavy atom. The number of rotatable bonds is 11. The highest BCUT2D eigenvalue weighted by atomic mass is 28.4. The highest BCUT2D eigenvalue weighted by Gasteiger charge is 2.43. The molecule has 5 nitrogen and oxygen atoms in total.